The average molecular weight is 372 g/mol. The molecule has 1 atom stereocenters. The number of morpholine rings is 1. The van der Waals surface area contributed by atoms with Gasteiger partial charge in [0.1, 0.15) is 11.6 Å². The number of anilines is 1. The molecule has 1 aromatic carbocycles. The molecule has 3 heterocycles. The Hall–Kier alpha value is -1.92. The molecule has 2 aliphatic heterocycles. The molecule has 0 amide bonds. The topological polar surface area (TPSA) is 33.5 Å². The van der Waals surface area contributed by atoms with Crippen LogP contribution in [0.4, 0.5) is 10.1 Å². The van der Waals surface area contributed by atoms with Crippen molar-refractivity contribution in [2.45, 2.75) is 32.9 Å². The van der Waals surface area contributed by atoms with Gasteiger partial charge in [-0.1, -0.05) is 6.07 Å². The maximum Gasteiger partial charge on any atom is 0.146 e. The number of halogens is 1. The lowest BCUT2D eigenvalue weighted by atomic mass is 9.97. The first-order chi connectivity index (χ1) is 13.2. The number of piperidine rings is 1. The van der Waals surface area contributed by atoms with Gasteiger partial charge in [-0.2, -0.15) is 0 Å². The number of ether oxygens (including phenoxy) is 1. The van der Waals surface area contributed by atoms with Gasteiger partial charge >= 0.3 is 0 Å². The van der Waals surface area contributed by atoms with Crippen molar-refractivity contribution in [1.29, 1.82) is 0 Å². The number of hydrogen-bond donors (Lipinski definition) is 0. The van der Waals surface area contributed by atoms with Crippen molar-refractivity contribution in [2.24, 2.45) is 5.92 Å². The molecule has 0 N–H and O–H groups in total. The highest BCUT2D eigenvalue weighted by atomic mass is 19.1. The zero-order valence-electron chi connectivity index (χ0n) is 16.1. The molecule has 0 aliphatic carbocycles. The van der Waals surface area contributed by atoms with Gasteiger partial charge in [0.15, 0.2) is 0 Å². The summed E-state index contributed by atoms with van der Waals surface area (Å²) < 4.78 is 22.3. The first-order valence-electron chi connectivity index (χ1n) is 10.0. The van der Waals surface area contributed by atoms with E-state index in [1.165, 1.54) is 12.8 Å². The van der Waals surface area contributed by atoms with Crippen LogP contribution in [0.1, 0.15) is 24.2 Å². The van der Waals surface area contributed by atoms with Crippen molar-refractivity contribution < 1.29 is 9.13 Å². The predicted molar refractivity (Wildman–Crippen MR) is 104 cm³/mol. The van der Waals surface area contributed by atoms with Crippen molar-refractivity contribution in [3.8, 4) is 0 Å². The number of rotatable bonds is 5. The third kappa shape index (κ3) is 4.50. The summed E-state index contributed by atoms with van der Waals surface area (Å²) in [5, 5.41) is 0. The average Bonchev–Trinajstić information content (AvgIpc) is 3.07. The van der Waals surface area contributed by atoms with E-state index in [0.29, 0.717) is 24.8 Å². The van der Waals surface area contributed by atoms with Crippen LogP contribution in [0.15, 0.2) is 30.6 Å². The van der Waals surface area contributed by atoms with Crippen LogP contribution >= 0.6 is 0 Å². The SMILES string of the molecule is Cc1nccn1C[C@@H]1CCCN(Cc2ccc(N3CCOCC3)c(F)c2)C1. The Kier molecular flexibility index (Phi) is 5.74. The Bertz CT molecular complexity index is 756. The molecule has 0 radical (unpaired) electrons. The molecule has 0 bridgehead atoms. The number of aryl methyl sites for hydroxylation is 1. The van der Waals surface area contributed by atoms with Crippen LogP contribution in [0.3, 0.4) is 0 Å². The van der Waals surface area contributed by atoms with E-state index in [2.05, 4.69) is 38.5 Å². The van der Waals surface area contributed by atoms with Crippen LogP contribution in [0.25, 0.3) is 0 Å². The molecule has 6 heteroatoms. The number of benzene rings is 1. The van der Waals surface area contributed by atoms with E-state index in [9.17, 15) is 4.39 Å². The number of likely N-dealkylation sites (tertiary alicyclic amines) is 1. The van der Waals surface area contributed by atoms with E-state index >= 15 is 0 Å². The highest BCUT2D eigenvalue weighted by Crippen LogP contribution is 2.24. The summed E-state index contributed by atoms with van der Waals surface area (Å²) in [6.07, 6.45) is 6.38. The summed E-state index contributed by atoms with van der Waals surface area (Å²) >= 11 is 0. The minimum Gasteiger partial charge on any atom is -0.378 e. The lowest BCUT2D eigenvalue weighted by Gasteiger charge is -2.33. The molecule has 0 unspecified atom stereocenters. The van der Waals surface area contributed by atoms with E-state index in [0.717, 1.165) is 50.7 Å². The number of aromatic nitrogens is 2. The van der Waals surface area contributed by atoms with Gasteiger partial charge in [0.25, 0.3) is 0 Å². The third-order valence-electron chi connectivity index (χ3n) is 5.75. The van der Waals surface area contributed by atoms with Crippen LogP contribution in [0.2, 0.25) is 0 Å². The maximum atomic E-state index is 14.7. The van der Waals surface area contributed by atoms with Crippen LogP contribution in [0.5, 0.6) is 0 Å². The summed E-state index contributed by atoms with van der Waals surface area (Å²) in [7, 11) is 0. The largest absolute Gasteiger partial charge is 0.378 e. The molecular weight excluding hydrogens is 343 g/mol. The molecule has 27 heavy (non-hydrogen) atoms. The van der Waals surface area contributed by atoms with Crippen LogP contribution in [-0.4, -0.2) is 53.8 Å². The Balaban J connectivity index is 1.36. The lowest BCUT2D eigenvalue weighted by Crippen LogP contribution is -2.37. The zero-order chi connectivity index (χ0) is 18.6. The van der Waals surface area contributed by atoms with Crippen LogP contribution in [-0.2, 0) is 17.8 Å². The van der Waals surface area contributed by atoms with Crippen molar-refractivity contribution >= 4 is 5.69 Å². The van der Waals surface area contributed by atoms with E-state index < -0.39 is 0 Å². The van der Waals surface area contributed by atoms with Gasteiger partial charge in [-0.3, -0.25) is 4.90 Å². The van der Waals surface area contributed by atoms with Gasteiger partial charge in [0, 0.05) is 45.1 Å². The monoisotopic (exact) mass is 372 g/mol. The number of nitrogens with zero attached hydrogens (tertiary/aromatic N) is 4. The number of hydrogen-bond acceptors (Lipinski definition) is 4. The van der Waals surface area contributed by atoms with Crippen molar-refractivity contribution in [3.63, 3.8) is 0 Å². The quantitative estimate of drug-likeness (QED) is 0.808. The minimum absolute atomic E-state index is 0.114. The predicted octanol–water partition coefficient (Wildman–Crippen LogP) is 3.08. The van der Waals surface area contributed by atoms with E-state index in [4.69, 9.17) is 4.74 Å². The van der Waals surface area contributed by atoms with E-state index in [1.54, 1.807) is 6.07 Å². The van der Waals surface area contributed by atoms with Gasteiger partial charge in [-0.05, 0) is 49.9 Å². The van der Waals surface area contributed by atoms with Crippen molar-refractivity contribution in [3.05, 3.63) is 47.8 Å². The molecule has 2 aliphatic rings. The van der Waals surface area contributed by atoms with E-state index in [1.807, 2.05) is 12.3 Å². The molecule has 0 saturated carbocycles. The molecule has 0 spiro atoms. The van der Waals surface area contributed by atoms with Gasteiger partial charge in [0.2, 0.25) is 0 Å². The maximum absolute atomic E-state index is 14.7. The summed E-state index contributed by atoms with van der Waals surface area (Å²) in [4.78, 5) is 8.86. The van der Waals surface area contributed by atoms with Gasteiger partial charge in [-0.25, -0.2) is 9.37 Å². The van der Waals surface area contributed by atoms with Crippen molar-refractivity contribution in [1.82, 2.24) is 14.5 Å². The Morgan fingerprint density at radius 1 is 1.22 bits per heavy atom. The second-order valence-electron chi connectivity index (χ2n) is 7.76. The molecule has 5 nitrogen and oxygen atoms in total. The van der Waals surface area contributed by atoms with E-state index in [-0.39, 0.29) is 5.82 Å². The van der Waals surface area contributed by atoms with Crippen molar-refractivity contribution in [2.75, 3.05) is 44.3 Å². The Labute approximate surface area is 160 Å². The second kappa shape index (κ2) is 8.40. The fourth-order valence-electron chi connectivity index (χ4n) is 4.29. The third-order valence-corrected chi connectivity index (χ3v) is 5.75. The Morgan fingerprint density at radius 3 is 2.81 bits per heavy atom. The minimum atomic E-state index is -0.114. The van der Waals surface area contributed by atoms with Gasteiger partial charge < -0.3 is 14.2 Å². The van der Waals surface area contributed by atoms with Crippen LogP contribution < -0.4 is 4.90 Å². The lowest BCUT2D eigenvalue weighted by molar-refractivity contribution is 0.122. The summed E-state index contributed by atoms with van der Waals surface area (Å²) in [5.74, 6) is 1.59. The molecule has 146 valence electrons. The molecule has 1 aromatic heterocycles. The number of imidazole rings is 1. The normalized spacial score (nSPS) is 21.6. The highest BCUT2D eigenvalue weighted by Gasteiger charge is 2.21. The fourth-order valence-corrected chi connectivity index (χ4v) is 4.29. The standard InChI is InChI=1S/C21H29FN4O/c1-17-23-6-8-26(17)16-19-3-2-7-24(15-19)14-18-4-5-21(20(22)13-18)25-9-11-27-12-10-25/h4-6,8,13,19H,2-3,7,9-12,14-16H2,1H3/t19-/m1/s1. The molecule has 2 fully saturated rings. The molecule has 2 saturated heterocycles. The van der Waals surface area contributed by atoms with Gasteiger partial charge in [-0.15, -0.1) is 0 Å². The highest BCUT2D eigenvalue weighted by molar-refractivity contribution is 5.49. The second-order valence-corrected chi connectivity index (χ2v) is 7.76. The molecule has 4 rings (SSSR count). The molecular formula is C21H29FN4O. The zero-order valence-corrected chi connectivity index (χ0v) is 16.1. The summed E-state index contributed by atoms with van der Waals surface area (Å²) in [6.45, 7) is 8.91. The van der Waals surface area contributed by atoms with Gasteiger partial charge in [0.05, 0.1) is 18.9 Å². The fraction of sp³-hybridized carbons (Fsp3) is 0.571. The summed E-state index contributed by atoms with van der Waals surface area (Å²) in [5.41, 5.74) is 1.76. The Morgan fingerprint density at radius 2 is 2.07 bits per heavy atom. The first-order valence-corrected chi connectivity index (χ1v) is 10.0. The summed E-state index contributed by atoms with van der Waals surface area (Å²) in [6, 6.07) is 5.73. The molecule has 2 aromatic rings. The van der Waals surface area contributed by atoms with Crippen LogP contribution in [0, 0.1) is 18.7 Å². The smallest absolute Gasteiger partial charge is 0.146 e. The first kappa shape index (κ1) is 18.4.